The van der Waals surface area contributed by atoms with Crippen LogP contribution in [0.4, 0.5) is 0 Å². The molecular weight excluding hydrogens is 298 g/mol. The van der Waals surface area contributed by atoms with Crippen LogP contribution in [-0.2, 0) is 9.59 Å². The molecule has 0 aromatic rings. The minimum atomic E-state index is -1.11. The second-order valence-corrected chi connectivity index (χ2v) is 5.49. The van der Waals surface area contributed by atoms with Crippen molar-refractivity contribution >= 4 is 58.1 Å². The molecule has 16 heavy (non-hydrogen) atoms. The van der Waals surface area contributed by atoms with Gasteiger partial charge in [0.15, 0.2) is 15.5 Å². The molecule has 0 radical (unpaired) electrons. The van der Waals surface area contributed by atoms with E-state index in [1.54, 1.807) is 0 Å². The summed E-state index contributed by atoms with van der Waals surface area (Å²) in [6.45, 7) is 1.11. The number of hydrogen-bond donors (Lipinski definition) is 1. The first-order chi connectivity index (χ1) is 7.43. The summed E-state index contributed by atoms with van der Waals surface area (Å²) in [4.78, 5) is 22.2. The Kier molecular flexibility index (Phi) is 5.61. The van der Waals surface area contributed by atoms with Gasteiger partial charge in [0.2, 0.25) is 0 Å². The second-order valence-electron chi connectivity index (χ2n) is 3.29. The van der Waals surface area contributed by atoms with Crippen molar-refractivity contribution in [2.24, 2.45) is 0 Å². The number of piperazine rings is 1. The lowest BCUT2D eigenvalue weighted by molar-refractivity contribution is -0.131. The molecule has 0 saturated carbocycles. The number of hydrogen-bond acceptors (Lipinski definition) is 3. The summed E-state index contributed by atoms with van der Waals surface area (Å²) in [5.41, 5.74) is 0. The third-order valence-corrected chi connectivity index (χ3v) is 3.04. The summed E-state index contributed by atoms with van der Waals surface area (Å²) in [5.74, 6) is -0.773. The van der Waals surface area contributed by atoms with Crippen LogP contribution in [-0.4, -0.2) is 51.9 Å². The Morgan fingerprint density at radius 3 is 2.31 bits per heavy atom. The number of nitrogens with one attached hydrogen (secondary N) is 1. The summed E-state index contributed by atoms with van der Waals surface area (Å²) in [5, 5.41) is 2.93. The average Bonchev–Trinajstić information content (AvgIpc) is 2.26. The molecule has 1 N–H and O–H groups in total. The maximum absolute atomic E-state index is 11.5. The van der Waals surface area contributed by atoms with Crippen LogP contribution in [0.15, 0.2) is 0 Å². The summed E-state index contributed by atoms with van der Waals surface area (Å²) in [6, 6.07) is -0.565. The number of amides is 1. The molecule has 1 unspecified atom stereocenters. The van der Waals surface area contributed by atoms with Gasteiger partial charge < -0.3 is 10.2 Å². The largest absolute Gasteiger partial charge is 0.337 e. The summed E-state index contributed by atoms with van der Waals surface area (Å²) >= 11 is 21.9. The van der Waals surface area contributed by atoms with E-state index in [2.05, 4.69) is 5.32 Å². The maximum atomic E-state index is 11.5. The Hall–Kier alpha value is 0.260. The highest BCUT2D eigenvalue weighted by Crippen LogP contribution is 2.13. The molecule has 1 fully saturated rings. The summed E-state index contributed by atoms with van der Waals surface area (Å²) in [7, 11) is 0. The zero-order chi connectivity index (χ0) is 12.3. The van der Waals surface area contributed by atoms with Crippen molar-refractivity contribution in [1.29, 1.82) is 0 Å². The van der Waals surface area contributed by atoms with Gasteiger partial charge >= 0.3 is 0 Å². The normalized spacial score (nSPS) is 21.6. The molecule has 1 amide bonds. The van der Waals surface area contributed by atoms with Gasteiger partial charge in [-0.05, 0) is 0 Å². The summed E-state index contributed by atoms with van der Waals surface area (Å²) in [6.07, 6.45) is 0. The van der Waals surface area contributed by atoms with Gasteiger partial charge in [0.25, 0.3) is 5.91 Å². The van der Waals surface area contributed by atoms with Crippen LogP contribution in [0, 0.1) is 0 Å². The van der Waals surface area contributed by atoms with Crippen molar-refractivity contribution in [3.05, 3.63) is 0 Å². The molecular formula is C8H10Cl4N2O2. The van der Waals surface area contributed by atoms with Crippen molar-refractivity contribution in [2.75, 3.05) is 19.6 Å². The van der Waals surface area contributed by atoms with Gasteiger partial charge in [0.1, 0.15) is 0 Å². The van der Waals surface area contributed by atoms with Crippen LogP contribution < -0.4 is 5.32 Å². The van der Waals surface area contributed by atoms with E-state index in [4.69, 9.17) is 46.4 Å². The van der Waals surface area contributed by atoms with E-state index in [-0.39, 0.29) is 12.3 Å². The Morgan fingerprint density at radius 2 is 1.81 bits per heavy atom. The van der Waals surface area contributed by atoms with Crippen LogP contribution in [0.25, 0.3) is 0 Å². The minimum absolute atomic E-state index is 0.184. The van der Waals surface area contributed by atoms with E-state index >= 15 is 0 Å². The lowest BCUT2D eigenvalue weighted by atomic mass is 10.1. The van der Waals surface area contributed by atoms with Crippen molar-refractivity contribution < 1.29 is 9.59 Å². The predicted octanol–water partition coefficient (Wildman–Crippen LogP) is 0.963. The van der Waals surface area contributed by atoms with Crippen molar-refractivity contribution in [3.63, 3.8) is 0 Å². The number of halogens is 4. The lowest BCUT2D eigenvalue weighted by Crippen LogP contribution is -2.57. The first-order valence-corrected chi connectivity index (χ1v) is 6.30. The number of alkyl halides is 4. The fourth-order valence-electron chi connectivity index (χ4n) is 1.43. The highest BCUT2D eigenvalue weighted by atomic mass is 35.5. The van der Waals surface area contributed by atoms with Crippen molar-refractivity contribution in [2.45, 2.75) is 15.7 Å². The number of nitrogens with zero attached hydrogens (tertiary/aromatic N) is 1. The minimum Gasteiger partial charge on any atom is -0.337 e. The van der Waals surface area contributed by atoms with Crippen LogP contribution in [0.3, 0.4) is 0 Å². The average molecular weight is 308 g/mol. The molecule has 8 heteroatoms. The first kappa shape index (κ1) is 14.3. The fraction of sp³-hybridized carbons (Fsp3) is 0.750. The fourth-order valence-corrected chi connectivity index (χ4v) is 2.01. The molecule has 0 aromatic carbocycles. The molecule has 1 aliphatic heterocycles. The number of carbonyl (C=O) groups is 2. The van der Waals surface area contributed by atoms with E-state index < -0.39 is 21.6 Å². The van der Waals surface area contributed by atoms with Crippen LogP contribution >= 0.6 is 46.4 Å². The Balaban J connectivity index is 2.60. The van der Waals surface area contributed by atoms with Crippen molar-refractivity contribution in [3.8, 4) is 0 Å². The van der Waals surface area contributed by atoms with Crippen LogP contribution in [0.2, 0.25) is 0 Å². The van der Waals surface area contributed by atoms with Crippen molar-refractivity contribution in [1.82, 2.24) is 10.2 Å². The third kappa shape index (κ3) is 3.64. The first-order valence-electron chi connectivity index (χ1n) is 4.55. The zero-order valence-electron chi connectivity index (χ0n) is 8.13. The quantitative estimate of drug-likeness (QED) is 0.790. The van der Waals surface area contributed by atoms with Gasteiger partial charge in [-0.2, -0.15) is 0 Å². The molecule has 1 heterocycles. The maximum Gasteiger partial charge on any atom is 0.255 e. The Bertz CT molecular complexity index is 259. The molecule has 4 nitrogen and oxygen atoms in total. The second kappa shape index (κ2) is 6.26. The van der Waals surface area contributed by atoms with E-state index in [0.29, 0.717) is 13.1 Å². The van der Waals surface area contributed by atoms with E-state index in [0.717, 1.165) is 0 Å². The standard InChI is InChI=1S/C8H10Cl4N2O2/c9-6(10)5(15)4-3-14(2-1-13-4)8(16)7(11)12/h4,6-7,13H,1-3H2. The van der Waals surface area contributed by atoms with E-state index in [1.807, 2.05) is 0 Å². The predicted molar refractivity (Wildman–Crippen MR) is 64.4 cm³/mol. The molecule has 92 valence electrons. The lowest BCUT2D eigenvalue weighted by Gasteiger charge is -2.33. The van der Waals surface area contributed by atoms with Gasteiger partial charge in [0.05, 0.1) is 6.04 Å². The Labute approximate surface area is 113 Å². The van der Waals surface area contributed by atoms with Gasteiger partial charge in [-0.15, -0.1) is 0 Å². The summed E-state index contributed by atoms with van der Waals surface area (Å²) < 4.78 is 0. The smallest absolute Gasteiger partial charge is 0.255 e. The van der Waals surface area contributed by atoms with E-state index in [1.165, 1.54) is 4.90 Å². The number of carbonyl (C=O) groups excluding carboxylic acids is 2. The monoisotopic (exact) mass is 306 g/mol. The van der Waals surface area contributed by atoms with Gasteiger partial charge in [0, 0.05) is 19.6 Å². The molecule has 1 saturated heterocycles. The number of rotatable bonds is 3. The zero-order valence-corrected chi connectivity index (χ0v) is 11.2. The third-order valence-electron chi connectivity index (χ3n) is 2.23. The molecule has 0 spiro atoms. The number of Topliss-reactive ketones (excluding diaryl/α,β-unsaturated/α-hetero) is 1. The van der Waals surface area contributed by atoms with Crippen LogP contribution in [0.1, 0.15) is 0 Å². The topological polar surface area (TPSA) is 49.4 Å². The van der Waals surface area contributed by atoms with Gasteiger partial charge in [-0.3, -0.25) is 9.59 Å². The highest BCUT2D eigenvalue weighted by Gasteiger charge is 2.32. The molecule has 0 bridgehead atoms. The molecule has 0 aromatic heterocycles. The molecule has 1 atom stereocenters. The SMILES string of the molecule is O=C(C(Cl)Cl)C1CN(C(=O)C(Cl)Cl)CCN1. The molecule has 1 rings (SSSR count). The number of ketones is 1. The Morgan fingerprint density at radius 1 is 1.19 bits per heavy atom. The van der Waals surface area contributed by atoms with Crippen LogP contribution in [0.5, 0.6) is 0 Å². The van der Waals surface area contributed by atoms with E-state index in [9.17, 15) is 9.59 Å². The molecule has 1 aliphatic rings. The van der Waals surface area contributed by atoms with Gasteiger partial charge in [-0.1, -0.05) is 46.4 Å². The highest BCUT2D eigenvalue weighted by molar-refractivity contribution is 6.54. The van der Waals surface area contributed by atoms with Gasteiger partial charge in [-0.25, -0.2) is 0 Å². The molecule has 0 aliphatic carbocycles.